The highest BCUT2D eigenvalue weighted by molar-refractivity contribution is 5.43. The Bertz CT molecular complexity index is 880. The summed E-state index contributed by atoms with van der Waals surface area (Å²) >= 11 is 0. The molecule has 0 bridgehead atoms. The standard InChI is InChI=1S/C24H35N5O4/c1-27(18-24(30)6-9-29(19-24)23-25-7-3-8-26-23)17-20-4-5-21(22(16-20)31-2)33-15-12-28-10-13-32-14-11-28/h3-5,7-8,16,30H,6,9-15,17-19H2,1-2H3/t24-/m0/s1. The van der Waals surface area contributed by atoms with Gasteiger partial charge in [0.25, 0.3) is 0 Å². The van der Waals surface area contributed by atoms with Crippen molar-refractivity contribution < 1.29 is 19.3 Å². The average molecular weight is 458 g/mol. The van der Waals surface area contributed by atoms with Gasteiger partial charge in [0.15, 0.2) is 11.5 Å². The number of β-amino-alcohol motifs (C(OH)–C–C–N with tert-alkyl or cyclic N) is 1. The topological polar surface area (TPSA) is 83.4 Å². The number of anilines is 1. The van der Waals surface area contributed by atoms with Crippen LogP contribution in [-0.4, -0.2) is 104 Å². The molecule has 1 atom stereocenters. The summed E-state index contributed by atoms with van der Waals surface area (Å²) in [7, 11) is 3.69. The van der Waals surface area contributed by atoms with Crippen molar-refractivity contribution in [2.24, 2.45) is 0 Å². The second-order valence-corrected chi connectivity index (χ2v) is 8.90. The van der Waals surface area contributed by atoms with E-state index < -0.39 is 5.60 Å². The van der Waals surface area contributed by atoms with Crippen LogP contribution in [0.3, 0.4) is 0 Å². The molecule has 0 amide bonds. The SMILES string of the molecule is COc1cc(CN(C)C[C@@]2(O)CCN(c3ncccn3)C2)ccc1OCCN1CCOCC1. The van der Waals surface area contributed by atoms with Gasteiger partial charge in [-0.3, -0.25) is 9.80 Å². The fourth-order valence-electron chi connectivity index (χ4n) is 4.52. The molecule has 2 aromatic rings. The number of likely N-dealkylation sites (N-methyl/N-ethyl adjacent to an activating group) is 1. The third-order valence-corrected chi connectivity index (χ3v) is 6.18. The summed E-state index contributed by atoms with van der Waals surface area (Å²) in [6, 6.07) is 7.85. The molecule has 2 fully saturated rings. The molecule has 180 valence electrons. The minimum absolute atomic E-state index is 0.528. The Labute approximate surface area is 195 Å². The van der Waals surface area contributed by atoms with Crippen molar-refractivity contribution in [1.29, 1.82) is 0 Å². The van der Waals surface area contributed by atoms with Crippen molar-refractivity contribution in [2.45, 2.75) is 18.6 Å². The van der Waals surface area contributed by atoms with E-state index in [1.807, 2.05) is 24.1 Å². The Kier molecular flexibility index (Phi) is 7.97. The first kappa shape index (κ1) is 23.7. The monoisotopic (exact) mass is 457 g/mol. The lowest BCUT2D eigenvalue weighted by molar-refractivity contribution is 0.0278. The Hall–Kier alpha value is -2.46. The van der Waals surface area contributed by atoms with Gasteiger partial charge in [0.1, 0.15) is 6.61 Å². The lowest BCUT2D eigenvalue weighted by Gasteiger charge is -2.29. The zero-order valence-electron chi connectivity index (χ0n) is 19.7. The van der Waals surface area contributed by atoms with Gasteiger partial charge >= 0.3 is 0 Å². The van der Waals surface area contributed by atoms with Crippen LogP contribution in [0.2, 0.25) is 0 Å². The summed E-state index contributed by atoms with van der Waals surface area (Å²) in [5.41, 5.74) is 0.320. The van der Waals surface area contributed by atoms with Crippen molar-refractivity contribution in [3.63, 3.8) is 0 Å². The molecule has 33 heavy (non-hydrogen) atoms. The summed E-state index contributed by atoms with van der Waals surface area (Å²) in [6.45, 7) is 7.52. The summed E-state index contributed by atoms with van der Waals surface area (Å²) in [4.78, 5) is 15.1. The maximum atomic E-state index is 11.1. The molecule has 0 unspecified atom stereocenters. The van der Waals surface area contributed by atoms with E-state index in [1.165, 1.54) is 0 Å². The quantitative estimate of drug-likeness (QED) is 0.567. The molecule has 2 aliphatic heterocycles. The third-order valence-electron chi connectivity index (χ3n) is 6.18. The molecular formula is C24H35N5O4. The van der Waals surface area contributed by atoms with Crippen molar-refractivity contribution in [1.82, 2.24) is 19.8 Å². The van der Waals surface area contributed by atoms with Gasteiger partial charge in [0, 0.05) is 51.7 Å². The predicted octanol–water partition coefficient (Wildman–Crippen LogP) is 1.27. The Morgan fingerprint density at radius 2 is 1.94 bits per heavy atom. The van der Waals surface area contributed by atoms with Crippen LogP contribution in [0.4, 0.5) is 5.95 Å². The highest BCUT2D eigenvalue weighted by atomic mass is 16.5. The molecule has 1 aromatic heterocycles. The summed E-state index contributed by atoms with van der Waals surface area (Å²) < 4.78 is 17.0. The van der Waals surface area contributed by atoms with Gasteiger partial charge in [0.2, 0.25) is 5.95 Å². The van der Waals surface area contributed by atoms with Gasteiger partial charge in [-0.05, 0) is 37.2 Å². The number of aliphatic hydroxyl groups is 1. The second-order valence-electron chi connectivity index (χ2n) is 8.90. The van der Waals surface area contributed by atoms with E-state index >= 15 is 0 Å². The van der Waals surface area contributed by atoms with Crippen LogP contribution >= 0.6 is 0 Å². The molecule has 0 saturated carbocycles. The van der Waals surface area contributed by atoms with Gasteiger partial charge < -0.3 is 24.2 Å². The molecule has 1 N–H and O–H groups in total. The largest absolute Gasteiger partial charge is 0.493 e. The fourth-order valence-corrected chi connectivity index (χ4v) is 4.52. The van der Waals surface area contributed by atoms with E-state index in [4.69, 9.17) is 14.2 Å². The number of nitrogens with zero attached hydrogens (tertiary/aromatic N) is 5. The number of aromatic nitrogens is 2. The Balaban J connectivity index is 1.28. The van der Waals surface area contributed by atoms with Gasteiger partial charge in [0.05, 0.1) is 32.5 Å². The van der Waals surface area contributed by atoms with Gasteiger partial charge in [-0.2, -0.15) is 0 Å². The van der Waals surface area contributed by atoms with Crippen LogP contribution in [0.15, 0.2) is 36.7 Å². The fraction of sp³-hybridized carbons (Fsp3) is 0.583. The summed E-state index contributed by atoms with van der Waals surface area (Å²) in [5, 5.41) is 11.1. The molecule has 1 aromatic carbocycles. The first-order valence-corrected chi connectivity index (χ1v) is 11.6. The maximum Gasteiger partial charge on any atom is 0.225 e. The summed E-state index contributed by atoms with van der Waals surface area (Å²) in [5.74, 6) is 2.16. The zero-order valence-corrected chi connectivity index (χ0v) is 19.7. The Morgan fingerprint density at radius 3 is 2.70 bits per heavy atom. The average Bonchev–Trinajstić information content (AvgIpc) is 3.22. The number of rotatable bonds is 10. The van der Waals surface area contributed by atoms with Crippen LogP contribution in [0.5, 0.6) is 11.5 Å². The maximum absolute atomic E-state index is 11.1. The number of morpholine rings is 1. The number of benzene rings is 1. The predicted molar refractivity (Wildman–Crippen MR) is 126 cm³/mol. The number of ether oxygens (including phenoxy) is 3. The molecular weight excluding hydrogens is 422 g/mol. The van der Waals surface area contributed by atoms with Crippen LogP contribution in [0.25, 0.3) is 0 Å². The number of hydrogen-bond donors (Lipinski definition) is 1. The normalized spacial score (nSPS) is 21.5. The van der Waals surface area contributed by atoms with Crippen LogP contribution in [-0.2, 0) is 11.3 Å². The second kappa shape index (κ2) is 11.1. The molecule has 0 radical (unpaired) electrons. The molecule has 9 nitrogen and oxygen atoms in total. The molecule has 2 saturated heterocycles. The van der Waals surface area contributed by atoms with Crippen molar-refractivity contribution in [3.8, 4) is 11.5 Å². The van der Waals surface area contributed by atoms with Crippen molar-refractivity contribution in [3.05, 3.63) is 42.2 Å². The van der Waals surface area contributed by atoms with Gasteiger partial charge in [-0.15, -0.1) is 0 Å². The molecule has 9 heteroatoms. The minimum Gasteiger partial charge on any atom is -0.493 e. The molecule has 2 aliphatic rings. The molecule has 0 aliphatic carbocycles. The van der Waals surface area contributed by atoms with Gasteiger partial charge in [-0.25, -0.2) is 9.97 Å². The lowest BCUT2D eigenvalue weighted by atomic mass is 10.0. The zero-order chi connectivity index (χ0) is 23.1. The third kappa shape index (κ3) is 6.54. The van der Waals surface area contributed by atoms with E-state index in [0.29, 0.717) is 38.6 Å². The minimum atomic E-state index is -0.791. The van der Waals surface area contributed by atoms with E-state index in [1.54, 1.807) is 25.6 Å². The Morgan fingerprint density at radius 1 is 1.15 bits per heavy atom. The van der Waals surface area contributed by atoms with Crippen LogP contribution in [0.1, 0.15) is 12.0 Å². The molecule has 3 heterocycles. The highest BCUT2D eigenvalue weighted by Gasteiger charge is 2.38. The smallest absolute Gasteiger partial charge is 0.225 e. The van der Waals surface area contributed by atoms with E-state index in [9.17, 15) is 5.11 Å². The van der Waals surface area contributed by atoms with Crippen LogP contribution in [0, 0.1) is 0 Å². The van der Waals surface area contributed by atoms with Crippen LogP contribution < -0.4 is 14.4 Å². The first-order valence-electron chi connectivity index (χ1n) is 11.6. The van der Waals surface area contributed by atoms with E-state index in [0.717, 1.165) is 56.5 Å². The lowest BCUT2D eigenvalue weighted by Crippen LogP contribution is -2.43. The van der Waals surface area contributed by atoms with E-state index in [2.05, 4.69) is 25.8 Å². The number of methoxy groups -OCH3 is 1. The first-order chi connectivity index (χ1) is 16.0. The van der Waals surface area contributed by atoms with E-state index in [-0.39, 0.29) is 0 Å². The molecule has 0 spiro atoms. The van der Waals surface area contributed by atoms with Gasteiger partial charge in [-0.1, -0.05) is 6.07 Å². The summed E-state index contributed by atoms with van der Waals surface area (Å²) in [6.07, 6.45) is 4.15. The number of hydrogen-bond acceptors (Lipinski definition) is 9. The molecule has 4 rings (SSSR count). The van der Waals surface area contributed by atoms with Crippen molar-refractivity contribution in [2.75, 3.05) is 78.1 Å². The van der Waals surface area contributed by atoms with Crippen molar-refractivity contribution >= 4 is 5.95 Å². The highest BCUT2D eigenvalue weighted by Crippen LogP contribution is 2.29.